The summed E-state index contributed by atoms with van der Waals surface area (Å²) in [5.41, 5.74) is 6.59. The van der Waals surface area contributed by atoms with E-state index in [1.54, 1.807) is 22.7 Å². The minimum atomic E-state index is 0.173. The monoisotopic (exact) mass is 1080 g/mol. The molecule has 0 radical (unpaired) electrons. The van der Waals surface area contributed by atoms with E-state index in [-0.39, 0.29) is 11.8 Å². The van der Waals surface area contributed by atoms with Crippen LogP contribution in [-0.4, -0.2) is 24.9 Å². The number of carbonyl (C=O) groups excluding carboxylic acids is 2. The minimum absolute atomic E-state index is 0.173. The van der Waals surface area contributed by atoms with E-state index in [9.17, 15) is 0 Å². The van der Waals surface area contributed by atoms with E-state index in [1.165, 1.54) is 252 Å². The van der Waals surface area contributed by atoms with Gasteiger partial charge in [-0.3, -0.25) is 9.59 Å². The third kappa shape index (κ3) is 21.1. The standard InChI is InChI=1S/C70H114N2O2S2/c1-7-13-19-25-29-31-35-39-45-57(43-37-33-27-21-15-9-3)53-59-47-51-75-67(59)65-61-55-64-62(56-63(61)71(69(65)73)49-41-23-17-11-5)66(70(74)72(64)50-42-24-18-12-6)68-60(48-52-76-68)54-58(44-38-34-28-22-16-10-4)46-40-36-32-30-26-20-14-8-2/h47-48,51-52,55-58H,7-46,49-50,53-54H2,1-6H3. The first-order chi connectivity index (χ1) is 37.4. The van der Waals surface area contributed by atoms with Crippen molar-refractivity contribution in [3.63, 3.8) is 0 Å². The zero-order valence-electron chi connectivity index (χ0n) is 50.3. The first kappa shape index (κ1) is 64.1. The largest absolute Gasteiger partial charge is 0.308 e. The summed E-state index contributed by atoms with van der Waals surface area (Å²) in [4.78, 5) is 37.4. The predicted octanol–water partition coefficient (Wildman–Crippen LogP) is 20.9. The van der Waals surface area contributed by atoms with Gasteiger partial charge in [0, 0.05) is 33.3 Å². The Balaban J connectivity index is 1.52. The molecule has 0 spiro atoms. The molecular formula is C70H114N2O2S2. The molecule has 0 saturated carbocycles. The highest BCUT2D eigenvalue weighted by Crippen LogP contribution is 2.38. The lowest BCUT2D eigenvalue weighted by Crippen LogP contribution is -2.31. The molecular weight excluding hydrogens is 965 g/mol. The summed E-state index contributed by atoms with van der Waals surface area (Å²) < 4.78 is 0. The lowest BCUT2D eigenvalue weighted by Gasteiger charge is -2.20. The Bertz CT molecular complexity index is 2010. The van der Waals surface area contributed by atoms with Crippen LogP contribution in [0.1, 0.15) is 319 Å². The lowest BCUT2D eigenvalue weighted by atomic mass is 9.88. The van der Waals surface area contributed by atoms with Gasteiger partial charge >= 0.3 is 0 Å². The molecule has 2 unspecified atom stereocenters. The molecule has 2 aliphatic heterocycles. The van der Waals surface area contributed by atoms with E-state index in [4.69, 9.17) is 0 Å². The van der Waals surface area contributed by atoms with E-state index in [0.717, 1.165) is 84.6 Å². The lowest BCUT2D eigenvalue weighted by molar-refractivity contribution is -0.113. The van der Waals surface area contributed by atoms with Crippen LogP contribution in [0, 0.1) is 11.8 Å². The topological polar surface area (TPSA) is 40.6 Å². The van der Waals surface area contributed by atoms with Gasteiger partial charge in [0.25, 0.3) is 11.8 Å². The van der Waals surface area contributed by atoms with Gasteiger partial charge in [-0.1, -0.05) is 286 Å². The highest BCUT2D eigenvalue weighted by molar-refractivity contribution is 7.12. The second-order valence-electron chi connectivity index (χ2n) is 24.0. The number of nitrogens with zero attached hydrogens (tertiary/aromatic N) is 2. The van der Waals surface area contributed by atoms with Gasteiger partial charge in [0.1, 0.15) is 0 Å². The number of carbonyl (C=O) groups is 2. The number of hydrogen-bond donors (Lipinski definition) is 0. The maximum Gasteiger partial charge on any atom is 0.260 e. The van der Waals surface area contributed by atoms with E-state index >= 15 is 9.59 Å². The fraction of sp³-hybridized carbons (Fsp3) is 0.743. The Kier molecular flexibility index (Phi) is 32.8. The number of unbranched alkanes of at least 4 members (excludes halogenated alkanes) is 30. The van der Waals surface area contributed by atoms with Gasteiger partial charge in [-0.15, -0.1) is 22.7 Å². The molecule has 0 saturated heterocycles. The predicted molar refractivity (Wildman–Crippen MR) is 337 cm³/mol. The first-order valence-corrected chi connectivity index (χ1v) is 34.9. The van der Waals surface area contributed by atoms with E-state index < -0.39 is 0 Å². The van der Waals surface area contributed by atoms with Gasteiger partial charge in [0.05, 0.1) is 22.5 Å². The van der Waals surface area contributed by atoms with Crippen molar-refractivity contribution in [2.24, 2.45) is 11.8 Å². The molecule has 0 fully saturated rings. The highest BCUT2D eigenvalue weighted by atomic mass is 32.1. The van der Waals surface area contributed by atoms with Crippen LogP contribution in [0.5, 0.6) is 0 Å². The van der Waals surface area contributed by atoms with Crippen LogP contribution in [0.3, 0.4) is 0 Å². The summed E-state index contributed by atoms with van der Waals surface area (Å²) in [5.74, 6) is 1.63. The van der Waals surface area contributed by atoms with Crippen molar-refractivity contribution in [2.45, 2.75) is 311 Å². The first-order valence-electron chi connectivity index (χ1n) is 33.1. The van der Waals surface area contributed by atoms with Gasteiger partial charge in [0.15, 0.2) is 0 Å². The summed E-state index contributed by atoms with van der Waals surface area (Å²) in [7, 11) is 0. The number of rotatable bonds is 48. The minimum Gasteiger partial charge on any atom is -0.308 e. The van der Waals surface area contributed by atoms with Gasteiger partial charge in [-0.25, -0.2) is 0 Å². The summed E-state index contributed by atoms with van der Waals surface area (Å²) in [5, 5.41) is 6.65. The van der Waals surface area contributed by atoms with Crippen molar-refractivity contribution >= 4 is 57.0 Å². The van der Waals surface area contributed by atoms with Crippen LogP contribution in [0.15, 0.2) is 35.0 Å². The molecule has 4 heterocycles. The fourth-order valence-corrected chi connectivity index (χ4v) is 14.7. The molecule has 3 aromatic rings. The van der Waals surface area contributed by atoms with E-state index in [1.807, 2.05) is 0 Å². The molecule has 76 heavy (non-hydrogen) atoms. The van der Waals surface area contributed by atoms with Gasteiger partial charge < -0.3 is 9.80 Å². The third-order valence-electron chi connectivity index (χ3n) is 17.5. The maximum absolute atomic E-state index is 15.4. The number of amides is 2. The molecule has 0 aliphatic carbocycles. The summed E-state index contributed by atoms with van der Waals surface area (Å²) in [6.45, 7) is 15.2. The van der Waals surface area contributed by atoms with E-state index in [0.29, 0.717) is 11.8 Å². The van der Waals surface area contributed by atoms with Crippen LogP contribution in [-0.2, 0) is 22.4 Å². The summed E-state index contributed by atoms with van der Waals surface area (Å²) in [6, 6.07) is 9.37. The Morgan fingerprint density at radius 1 is 0.355 bits per heavy atom. The molecule has 2 atom stereocenters. The Morgan fingerprint density at radius 2 is 0.618 bits per heavy atom. The molecule has 0 bridgehead atoms. The van der Waals surface area contributed by atoms with Crippen molar-refractivity contribution in [1.82, 2.24) is 0 Å². The molecule has 5 rings (SSSR count). The van der Waals surface area contributed by atoms with Crippen molar-refractivity contribution in [3.05, 3.63) is 66.3 Å². The fourth-order valence-electron chi connectivity index (χ4n) is 12.7. The number of fused-ring (bicyclic) bond motifs is 2. The van der Waals surface area contributed by atoms with Crippen LogP contribution in [0.2, 0.25) is 0 Å². The number of benzene rings is 1. The molecule has 1 aromatic carbocycles. The zero-order chi connectivity index (χ0) is 54.0. The average Bonchev–Trinajstić information content (AvgIpc) is 4.28. The Hall–Kier alpha value is -2.70. The normalized spacial score (nSPS) is 14.2. The maximum atomic E-state index is 15.4. The van der Waals surface area contributed by atoms with Gasteiger partial charge in [-0.2, -0.15) is 0 Å². The quantitative estimate of drug-likeness (QED) is 0.0529. The molecule has 6 heteroatoms. The molecule has 2 aromatic heterocycles. The SMILES string of the molecule is CCCCCCCCCCC(CCCCCCCC)Cc1ccsc1C1=c2cc3c(cc2N(CCCCCC)C1=O)=C(c1sccc1CC(CCCCCCCC)CCCCCCCCCC)C(=O)N3CCCCCC. The average molecular weight is 1080 g/mol. The van der Waals surface area contributed by atoms with Crippen molar-refractivity contribution in [2.75, 3.05) is 22.9 Å². The van der Waals surface area contributed by atoms with Gasteiger partial charge in [-0.05, 0) is 83.7 Å². The highest BCUT2D eigenvalue weighted by Gasteiger charge is 2.37. The van der Waals surface area contributed by atoms with Crippen LogP contribution in [0.25, 0.3) is 11.1 Å². The number of hydrogen-bond acceptors (Lipinski definition) is 4. The van der Waals surface area contributed by atoms with E-state index in [2.05, 4.69) is 86.4 Å². The summed E-state index contributed by atoms with van der Waals surface area (Å²) in [6.07, 6.45) is 53.9. The second kappa shape index (κ2) is 38.8. The number of anilines is 2. The molecule has 2 amide bonds. The van der Waals surface area contributed by atoms with Gasteiger partial charge in [0.2, 0.25) is 0 Å². The second-order valence-corrected chi connectivity index (χ2v) is 25.8. The summed E-state index contributed by atoms with van der Waals surface area (Å²) >= 11 is 3.56. The third-order valence-corrected chi connectivity index (χ3v) is 19.4. The van der Waals surface area contributed by atoms with Crippen LogP contribution < -0.4 is 20.2 Å². The molecule has 0 N–H and O–H groups in total. The van der Waals surface area contributed by atoms with Crippen molar-refractivity contribution in [3.8, 4) is 0 Å². The Morgan fingerprint density at radius 3 is 0.908 bits per heavy atom. The Labute approximate surface area is 476 Å². The van der Waals surface area contributed by atoms with Crippen LogP contribution in [0.4, 0.5) is 11.4 Å². The smallest absolute Gasteiger partial charge is 0.260 e. The molecule has 4 nitrogen and oxygen atoms in total. The molecule has 2 aliphatic rings. The number of thiophene rings is 2. The van der Waals surface area contributed by atoms with Crippen molar-refractivity contribution in [1.29, 1.82) is 0 Å². The van der Waals surface area contributed by atoms with Crippen LogP contribution >= 0.6 is 22.7 Å². The zero-order valence-corrected chi connectivity index (χ0v) is 51.9. The van der Waals surface area contributed by atoms with Crippen molar-refractivity contribution < 1.29 is 9.59 Å². The molecule has 428 valence electrons.